The zero-order chi connectivity index (χ0) is 12.0. The lowest BCUT2D eigenvalue weighted by Gasteiger charge is -2.23. The Morgan fingerprint density at radius 3 is 2.38 bits per heavy atom. The van der Waals surface area contributed by atoms with Gasteiger partial charge in [-0.2, -0.15) is 0 Å². The van der Waals surface area contributed by atoms with E-state index >= 15 is 0 Å². The highest BCUT2D eigenvalue weighted by atomic mass is 79.9. The van der Waals surface area contributed by atoms with Gasteiger partial charge in [0.05, 0.1) is 12.2 Å². The van der Waals surface area contributed by atoms with Crippen LogP contribution in [-0.2, 0) is 4.74 Å². The Labute approximate surface area is 111 Å². The van der Waals surface area contributed by atoms with Crippen molar-refractivity contribution < 1.29 is 4.74 Å². The SMILES string of the molecule is CCC(CC)OC(CBr)c1ccccc1Cl. The number of ether oxygens (including phenoxy) is 1. The lowest BCUT2D eigenvalue weighted by atomic mass is 10.1. The van der Waals surface area contributed by atoms with Crippen LogP contribution < -0.4 is 0 Å². The molecule has 0 fully saturated rings. The summed E-state index contributed by atoms with van der Waals surface area (Å²) in [4.78, 5) is 0. The van der Waals surface area contributed by atoms with E-state index in [2.05, 4.69) is 29.8 Å². The molecule has 0 aliphatic rings. The number of halogens is 2. The molecule has 16 heavy (non-hydrogen) atoms. The van der Waals surface area contributed by atoms with Crippen molar-refractivity contribution in [3.63, 3.8) is 0 Å². The minimum Gasteiger partial charge on any atom is -0.369 e. The van der Waals surface area contributed by atoms with E-state index < -0.39 is 0 Å². The van der Waals surface area contributed by atoms with E-state index in [1.54, 1.807) is 0 Å². The molecule has 0 radical (unpaired) electrons. The third-order valence-electron chi connectivity index (χ3n) is 2.66. The molecule has 0 amide bonds. The van der Waals surface area contributed by atoms with E-state index in [0.29, 0.717) is 6.10 Å². The van der Waals surface area contributed by atoms with Gasteiger partial charge in [0.2, 0.25) is 0 Å². The standard InChI is InChI=1S/C13H18BrClO/c1-3-10(4-2)16-13(9-14)11-7-5-6-8-12(11)15/h5-8,10,13H,3-4,9H2,1-2H3. The fourth-order valence-corrected chi connectivity index (χ4v) is 2.40. The highest BCUT2D eigenvalue weighted by molar-refractivity contribution is 9.09. The van der Waals surface area contributed by atoms with Crippen LogP contribution in [0.5, 0.6) is 0 Å². The van der Waals surface area contributed by atoms with Gasteiger partial charge in [-0.25, -0.2) is 0 Å². The Hall–Kier alpha value is -0.0500. The van der Waals surface area contributed by atoms with Crippen LogP contribution >= 0.6 is 27.5 Å². The maximum atomic E-state index is 6.17. The van der Waals surface area contributed by atoms with E-state index in [0.717, 1.165) is 28.8 Å². The average molecular weight is 306 g/mol. The summed E-state index contributed by atoms with van der Waals surface area (Å²) in [6, 6.07) is 7.86. The van der Waals surface area contributed by atoms with Crippen LogP contribution in [0.4, 0.5) is 0 Å². The molecule has 0 aliphatic heterocycles. The fourth-order valence-electron chi connectivity index (χ4n) is 1.64. The van der Waals surface area contributed by atoms with Crippen LogP contribution in [-0.4, -0.2) is 11.4 Å². The van der Waals surface area contributed by atoms with Crippen molar-refractivity contribution in [3.05, 3.63) is 34.9 Å². The van der Waals surface area contributed by atoms with Gasteiger partial charge in [-0.05, 0) is 18.9 Å². The van der Waals surface area contributed by atoms with Crippen LogP contribution in [0.2, 0.25) is 5.02 Å². The van der Waals surface area contributed by atoms with Gasteiger partial charge in [-0.1, -0.05) is 59.6 Å². The molecule has 1 aromatic carbocycles. The van der Waals surface area contributed by atoms with E-state index in [9.17, 15) is 0 Å². The Balaban J connectivity index is 2.78. The first-order valence-corrected chi connectivity index (χ1v) is 7.18. The van der Waals surface area contributed by atoms with Crippen LogP contribution in [0.1, 0.15) is 38.4 Å². The van der Waals surface area contributed by atoms with E-state index in [4.69, 9.17) is 16.3 Å². The third kappa shape index (κ3) is 3.76. The molecule has 1 unspecified atom stereocenters. The number of rotatable bonds is 6. The quantitative estimate of drug-likeness (QED) is 0.673. The van der Waals surface area contributed by atoms with Crippen molar-refractivity contribution in [2.75, 3.05) is 5.33 Å². The van der Waals surface area contributed by atoms with Crippen LogP contribution in [0, 0.1) is 0 Å². The van der Waals surface area contributed by atoms with Gasteiger partial charge in [0.1, 0.15) is 0 Å². The Morgan fingerprint density at radius 1 is 1.25 bits per heavy atom. The van der Waals surface area contributed by atoms with Crippen LogP contribution in [0.3, 0.4) is 0 Å². The van der Waals surface area contributed by atoms with Crippen molar-refractivity contribution in [2.45, 2.75) is 38.9 Å². The minimum atomic E-state index is 0.0404. The predicted octanol–water partition coefficient (Wildman–Crippen LogP) is 4.98. The molecule has 0 aromatic heterocycles. The van der Waals surface area contributed by atoms with Crippen molar-refractivity contribution in [2.24, 2.45) is 0 Å². The first-order valence-electron chi connectivity index (χ1n) is 5.68. The molecular weight excluding hydrogens is 287 g/mol. The van der Waals surface area contributed by atoms with Crippen molar-refractivity contribution in [1.29, 1.82) is 0 Å². The maximum absolute atomic E-state index is 6.17. The monoisotopic (exact) mass is 304 g/mol. The highest BCUT2D eigenvalue weighted by Gasteiger charge is 2.17. The molecule has 90 valence electrons. The van der Waals surface area contributed by atoms with Gasteiger partial charge < -0.3 is 4.74 Å². The molecular formula is C13H18BrClO. The molecule has 0 heterocycles. The Morgan fingerprint density at radius 2 is 1.88 bits per heavy atom. The Kier molecular flexibility index (Phi) is 6.40. The number of benzene rings is 1. The normalized spacial score (nSPS) is 13.1. The summed E-state index contributed by atoms with van der Waals surface area (Å²) in [6.45, 7) is 4.29. The molecule has 0 saturated carbocycles. The van der Waals surface area contributed by atoms with Gasteiger partial charge in [0.25, 0.3) is 0 Å². The van der Waals surface area contributed by atoms with Gasteiger partial charge in [-0.15, -0.1) is 0 Å². The minimum absolute atomic E-state index is 0.0404. The van der Waals surface area contributed by atoms with Crippen molar-refractivity contribution in [1.82, 2.24) is 0 Å². The van der Waals surface area contributed by atoms with Crippen molar-refractivity contribution in [3.8, 4) is 0 Å². The number of alkyl halides is 1. The topological polar surface area (TPSA) is 9.23 Å². The van der Waals surface area contributed by atoms with E-state index in [1.165, 1.54) is 0 Å². The molecule has 1 rings (SSSR count). The maximum Gasteiger partial charge on any atom is 0.0939 e. The highest BCUT2D eigenvalue weighted by Crippen LogP contribution is 2.28. The summed E-state index contributed by atoms with van der Waals surface area (Å²) < 4.78 is 6.03. The summed E-state index contributed by atoms with van der Waals surface area (Å²) in [7, 11) is 0. The van der Waals surface area contributed by atoms with Crippen LogP contribution in [0.15, 0.2) is 24.3 Å². The first kappa shape index (κ1) is 14.0. The molecule has 0 spiro atoms. The second-order valence-electron chi connectivity index (χ2n) is 3.74. The zero-order valence-electron chi connectivity index (χ0n) is 9.75. The third-order valence-corrected chi connectivity index (χ3v) is 3.59. The smallest absolute Gasteiger partial charge is 0.0939 e. The summed E-state index contributed by atoms with van der Waals surface area (Å²) in [5.41, 5.74) is 1.06. The molecule has 0 saturated heterocycles. The molecule has 3 heteroatoms. The largest absolute Gasteiger partial charge is 0.369 e. The zero-order valence-corrected chi connectivity index (χ0v) is 12.1. The molecule has 1 atom stereocenters. The first-order chi connectivity index (χ1) is 7.72. The van der Waals surface area contributed by atoms with Crippen LogP contribution in [0.25, 0.3) is 0 Å². The summed E-state index contributed by atoms with van der Waals surface area (Å²) in [6.07, 6.45) is 2.41. The number of hydrogen-bond acceptors (Lipinski definition) is 1. The summed E-state index contributed by atoms with van der Waals surface area (Å²) >= 11 is 9.66. The molecule has 0 N–H and O–H groups in total. The van der Waals surface area contributed by atoms with Gasteiger partial charge in [-0.3, -0.25) is 0 Å². The van der Waals surface area contributed by atoms with Gasteiger partial charge >= 0.3 is 0 Å². The number of hydrogen-bond donors (Lipinski definition) is 0. The molecule has 1 aromatic rings. The molecule has 0 bridgehead atoms. The second kappa shape index (κ2) is 7.31. The van der Waals surface area contributed by atoms with E-state index in [-0.39, 0.29) is 6.10 Å². The second-order valence-corrected chi connectivity index (χ2v) is 4.79. The fraction of sp³-hybridized carbons (Fsp3) is 0.538. The van der Waals surface area contributed by atoms with Gasteiger partial charge in [0, 0.05) is 15.9 Å². The van der Waals surface area contributed by atoms with E-state index in [1.807, 2.05) is 24.3 Å². The van der Waals surface area contributed by atoms with Crippen molar-refractivity contribution >= 4 is 27.5 Å². The predicted molar refractivity (Wildman–Crippen MR) is 73.4 cm³/mol. The average Bonchev–Trinajstić information content (AvgIpc) is 2.32. The summed E-state index contributed by atoms with van der Waals surface area (Å²) in [5, 5.41) is 1.55. The lowest BCUT2D eigenvalue weighted by Crippen LogP contribution is -2.16. The Bertz CT molecular complexity index is 313. The van der Waals surface area contributed by atoms with Gasteiger partial charge in [0.15, 0.2) is 0 Å². The molecule has 1 nitrogen and oxygen atoms in total. The lowest BCUT2D eigenvalue weighted by molar-refractivity contribution is -0.00388. The summed E-state index contributed by atoms with van der Waals surface area (Å²) in [5.74, 6) is 0. The molecule has 0 aliphatic carbocycles.